The standard InChI is InChI=1S/C24H23FN2O3S/c1-15-8-10-19(16(2)12-15)17(3)26-24(28)14-27-22-11-9-18(25)13-21(22)20-6-4-5-7-23(20)31(27,29)30/h4-13,17H,14H2,1-3H3,(H,26,28). The molecule has 0 bridgehead atoms. The van der Waals surface area contributed by atoms with Crippen molar-refractivity contribution in [3.05, 3.63) is 83.2 Å². The monoisotopic (exact) mass is 438 g/mol. The lowest BCUT2D eigenvalue weighted by molar-refractivity contribution is -0.120. The normalized spacial score (nSPS) is 15.0. The minimum atomic E-state index is -3.97. The first kappa shape index (κ1) is 21.1. The second kappa shape index (κ2) is 7.81. The Morgan fingerprint density at radius 1 is 1.03 bits per heavy atom. The van der Waals surface area contributed by atoms with Crippen LogP contribution in [0.4, 0.5) is 10.1 Å². The van der Waals surface area contributed by atoms with Gasteiger partial charge >= 0.3 is 0 Å². The van der Waals surface area contributed by atoms with Crippen LogP contribution in [0.2, 0.25) is 0 Å². The molecule has 7 heteroatoms. The number of carbonyl (C=O) groups excluding carboxylic acids is 1. The van der Waals surface area contributed by atoms with Gasteiger partial charge in [-0.25, -0.2) is 12.8 Å². The van der Waals surface area contributed by atoms with E-state index in [0.717, 1.165) is 21.0 Å². The zero-order valence-electron chi connectivity index (χ0n) is 17.5. The van der Waals surface area contributed by atoms with Gasteiger partial charge in [-0.2, -0.15) is 0 Å². The highest BCUT2D eigenvalue weighted by atomic mass is 32.2. The predicted octanol–water partition coefficient (Wildman–Crippen LogP) is 4.50. The molecule has 1 amide bonds. The fourth-order valence-electron chi connectivity index (χ4n) is 4.08. The molecule has 0 saturated heterocycles. The Hall–Kier alpha value is -3.19. The summed E-state index contributed by atoms with van der Waals surface area (Å²) in [5, 5.41) is 2.89. The summed E-state index contributed by atoms with van der Waals surface area (Å²) in [6.45, 7) is 5.44. The number of fused-ring (bicyclic) bond motifs is 3. The van der Waals surface area contributed by atoms with Crippen LogP contribution in [0, 0.1) is 19.7 Å². The highest BCUT2D eigenvalue weighted by molar-refractivity contribution is 7.93. The average molecular weight is 439 g/mol. The maximum atomic E-state index is 13.9. The molecule has 0 radical (unpaired) electrons. The topological polar surface area (TPSA) is 66.5 Å². The number of aryl methyl sites for hydroxylation is 2. The number of benzene rings is 3. The highest BCUT2D eigenvalue weighted by Gasteiger charge is 2.36. The third-order valence-electron chi connectivity index (χ3n) is 5.53. The predicted molar refractivity (Wildman–Crippen MR) is 119 cm³/mol. The van der Waals surface area contributed by atoms with Crippen LogP contribution in [0.3, 0.4) is 0 Å². The molecule has 0 aliphatic carbocycles. The Morgan fingerprint density at radius 3 is 2.52 bits per heavy atom. The van der Waals surface area contributed by atoms with Crippen LogP contribution in [0.1, 0.15) is 29.7 Å². The summed E-state index contributed by atoms with van der Waals surface area (Å²) in [6.07, 6.45) is 0. The number of halogens is 1. The Kier molecular flexibility index (Phi) is 5.31. The molecule has 1 aliphatic heterocycles. The zero-order chi connectivity index (χ0) is 22.3. The largest absolute Gasteiger partial charge is 0.348 e. The molecule has 1 aliphatic rings. The fourth-order valence-corrected chi connectivity index (χ4v) is 5.73. The summed E-state index contributed by atoms with van der Waals surface area (Å²) in [6, 6.07) is 16.0. The molecule has 1 unspecified atom stereocenters. The van der Waals surface area contributed by atoms with Crippen molar-refractivity contribution in [1.82, 2.24) is 5.32 Å². The lowest BCUT2D eigenvalue weighted by atomic mass is 10.0. The number of nitrogens with zero attached hydrogens (tertiary/aromatic N) is 1. The van der Waals surface area contributed by atoms with E-state index in [2.05, 4.69) is 5.32 Å². The second-order valence-electron chi connectivity index (χ2n) is 7.82. The third-order valence-corrected chi connectivity index (χ3v) is 7.35. The zero-order valence-corrected chi connectivity index (χ0v) is 18.3. The summed E-state index contributed by atoms with van der Waals surface area (Å²) in [5.74, 6) is -0.911. The maximum Gasteiger partial charge on any atom is 0.265 e. The molecule has 160 valence electrons. The lowest BCUT2D eigenvalue weighted by Gasteiger charge is -2.32. The molecule has 0 spiro atoms. The highest BCUT2D eigenvalue weighted by Crippen LogP contribution is 2.43. The summed E-state index contributed by atoms with van der Waals surface area (Å²) in [4.78, 5) is 12.9. The Labute approximate surface area is 181 Å². The van der Waals surface area contributed by atoms with Gasteiger partial charge in [0.2, 0.25) is 5.91 Å². The third kappa shape index (κ3) is 3.81. The Morgan fingerprint density at radius 2 is 1.77 bits per heavy atom. The SMILES string of the molecule is Cc1ccc(C(C)NC(=O)CN2c3ccc(F)cc3-c3ccccc3S2(=O)=O)c(C)c1. The molecule has 31 heavy (non-hydrogen) atoms. The van der Waals surface area contributed by atoms with Crippen LogP contribution in [0.15, 0.2) is 65.6 Å². The molecule has 0 aromatic heterocycles. The lowest BCUT2D eigenvalue weighted by Crippen LogP contribution is -2.43. The van der Waals surface area contributed by atoms with Crippen molar-refractivity contribution in [2.75, 3.05) is 10.8 Å². The van der Waals surface area contributed by atoms with Crippen molar-refractivity contribution in [1.29, 1.82) is 0 Å². The van der Waals surface area contributed by atoms with Gasteiger partial charge in [-0.05, 0) is 56.2 Å². The summed E-state index contributed by atoms with van der Waals surface area (Å²) < 4.78 is 41.6. The van der Waals surface area contributed by atoms with E-state index < -0.39 is 28.3 Å². The molecule has 1 heterocycles. The first-order valence-electron chi connectivity index (χ1n) is 9.96. The number of anilines is 1. The van der Waals surface area contributed by atoms with Gasteiger partial charge in [0.1, 0.15) is 12.4 Å². The molecule has 0 saturated carbocycles. The molecule has 3 aromatic rings. The van der Waals surface area contributed by atoms with E-state index in [4.69, 9.17) is 0 Å². The molecule has 3 aromatic carbocycles. The van der Waals surface area contributed by atoms with E-state index in [1.54, 1.807) is 18.2 Å². The number of hydrogen-bond acceptors (Lipinski definition) is 3. The smallest absolute Gasteiger partial charge is 0.265 e. The van der Waals surface area contributed by atoms with Gasteiger partial charge in [0.05, 0.1) is 16.6 Å². The van der Waals surface area contributed by atoms with Crippen LogP contribution >= 0.6 is 0 Å². The minimum absolute atomic E-state index is 0.0586. The van der Waals surface area contributed by atoms with Crippen molar-refractivity contribution in [3.8, 4) is 11.1 Å². The first-order valence-corrected chi connectivity index (χ1v) is 11.4. The first-order chi connectivity index (χ1) is 14.7. The number of hydrogen-bond donors (Lipinski definition) is 1. The van der Waals surface area contributed by atoms with Gasteiger partial charge in [-0.1, -0.05) is 42.0 Å². The van der Waals surface area contributed by atoms with Crippen LogP contribution < -0.4 is 9.62 Å². The molecule has 1 atom stereocenters. The van der Waals surface area contributed by atoms with Crippen LogP contribution in [0.5, 0.6) is 0 Å². The van der Waals surface area contributed by atoms with Crippen LogP contribution in [0.25, 0.3) is 11.1 Å². The number of amides is 1. The van der Waals surface area contributed by atoms with Gasteiger partial charge in [0.15, 0.2) is 0 Å². The fraction of sp³-hybridized carbons (Fsp3) is 0.208. The van der Waals surface area contributed by atoms with Crippen molar-refractivity contribution < 1.29 is 17.6 Å². The Balaban J connectivity index is 1.66. The maximum absolute atomic E-state index is 13.9. The number of rotatable bonds is 4. The van der Waals surface area contributed by atoms with Crippen LogP contribution in [-0.2, 0) is 14.8 Å². The summed E-state index contributed by atoms with van der Waals surface area (Å²) in [5.41, 5.74) is 4.30. The average Bonchev–Trinajstić information content (AvgIpc) is 2.71. The quantitative estimate of drug-likeness (QED) is 0.652. The van der Waals surface area contributed by atoms with Crippen molar-refractivity contribution in [3.63, 3.8) is 0 Å². The molecule has 4 rings (SSSR count). The van der Waals surface area contributed by atoms with E-state index in [-0.39, 0.29) is 16.6 Å². The molecule has 0 fully saturated rings. The van der Waals surface area contributed by atoms with E-state index in [1.807, 2.05) is 39.0 Å². The van der Waals surface area contributed by atoms with E-state index in [1.165, 1.54) is 24.3 Å². The summed E-state index contributed by atoms with van der Waals surface area (Å²) >= 11 is 0. The van der Waals surface area contributed by atoms with Gasteiger partial charge in [0, 0.05) is 11.1 Å². The Bertz CT molecular complexity index is 1290. The molecular weight excluding hydrogens is 415 g/mol. The van der Waals surface area contributed by atoms with Gasteiger partial charge in [-0.3, -0.25) is 9.10 Å². The van der Waals surface area contributed by atoms with Crippen molar-refractivity contribution in [2.24, 2.45) is 0 Å². The molecule has 5 nitrogen and oxygen atoms in total. The number of nitrogens with one attached hydrogen (secondary N) is 1. The van der Waals surface area contributed by atoms with Crippen molar-refractivity contribution in [2.45, 2.75) is 31.7 Å². The van der Waals surface area contributed by atoms with E-state index in [9.17, 15) is 17.6 Å². The number of carbonyl (C=O) groups is 1. The second-order valence-corrected chi connectivity index (χ2v) is 9.65. The van der Waals surface area contributed by atoms with Gasteiger partial charge in [-0.15, -0.1) is 0 Å². The molecule has 1 N–H and O–H groups in total. The van der Waals surface area contributed by atoms with Crippen molar-refractivity contribution >= 4 is 21.6 Å². The molecular formula is C24H23FN2O3S. The van der Waals surface area contributed by atoms with E-state index in [0.29, 0.717) is 11.1 Å². The van der Waals surface area contributed by atoms with E-state index >= 15 is 0 Å². The summed E-state index contributed by atoms with van der Waals surface area (Å²) in [7, 11) is -3.97. The van der Waals surface area contributed by atoms with Crippen LogP contribution in [-0.4, -0.2) is 20.9 Å². The van der Waals surface area contributed by atoms with Gasteiger partial charge in [0.25, 0.3) is 10.0 Å². The number of sulfonamides is 1. The van der Waals surface area contributed by atoms with Gasteiger partial charge < -0.3 is 5.32 Å². The minimum Gasteiger partial charge on any atom is -0.348 e.